The van der Waals surface area contributed by atoms with Crippen LogP contribution < -0.4 is 4.74 Å². The number of aryl methyl sites for hydroxylation is 1. The molecular formula is C25H30O10. The first kappa shape index (κ1) is 25.3. The molecule has 2 aromatic carbocycles. The summed E-state index contributed by atoms with van der Waals surface area (Å²) in [7, 11) is 0. The molecule has 1 aliphatic carbocycles. The normalized spacial score (nSPS) is 28.6. The van der Waals surface area contributed by atoms with Crippen LogP contribution in [0.4, 0.5) is 0 Å². The van der Waals surface area contributed by atoms with Gasteiger partial charge in [-0.05, 0) is 49.8 Å². The summed E-state index contributed by atoms with van der Waals surface area (Å²) in [6, 6.07) is 3.96. The fraction of sp³-hybridized carbons (Fsp3) is 0.520. The fourth-order valence-corrected chi connectivity index (χ4v) is 5.25. The molecule has 4 rings (SSSR count). The highest BCUT2D eigenvalue weighted by Gasteiger charge is 2.53. The second-order valence-corrected chi connectivity index (χ2v) is 9.53. The van der Waals surface area contributed by atoms with E-state index in [9.17, 15) is 40.2 Å². The van der Waals surface area contributed by atoms with Gasteiger partial charge in [-0.15, -0.1) is 0 Å². The van der Waals surface area contributed by atoms with E-state index < -0.39 is 53.8 Å². The summed E-state index contributed by atoms with van der Waals surface area (Å²) in [6.45, 7) is 2.88. The van der Waals surface area contributed by atoms with Gasteiger partial charge in [-0.25, -0.2) is 4.79 Å². The van der Waals surface area contributed by atoms with Crippen molar-refractivity contribution in [2.75, 3.05) is 0 Å². The van der Waals surface area contributed by atoms with Crippen molar-refractivity contribution in [1.82, 2.24) is 0 Å². The molecule has 2 aromatic rings. The van der Waals surface area contributed by atoms with E-state index in [1.807, 2.05) is 0 Å². The third kappa shape index (κ3) is 4.48. The number of aliphatic hydroxyl groups is 4. The van der Waals surface area contributed by atoms with Gasteiger partial charge in [0.15, 0.2) is 5.78 Å². The van der Waals surface area contributed by atoms with Crippen molar-refractivity contribution in [2.45, 2.75) is 82.3 Å². The summed E-state index contributed by atoms with van der Waals surface area (Å²) in [5.41, 5.74) is -1.18. The van der Waals surface area contributed by atoms with Crippen LogP contribution in [0.2, 0.25) is 0 Å². The van der Waals surface area contributed by atoms with E-state index in [-0.39, 0.29) is 27.6 Å². The highest BCUT2D eigenvalue weighted by atomic mass is 16.7. The molecule has 2 fully saturated rings. The molecule has 1 aliphatic heterocycles. The number of aromatic hydroxyl groups is 1. The van der Waals surface area contributed by atoms with E-state index in [2.05, 4.69) is 0 Å². The molecule has 1 heterocycles. The Balaban J connectivity index is 1.80. The summed E-state index contributed by atoms with van der Waals surface area (Å²) in [4.78, 5) is 23.9. The van der Waals surface area contributed by atoms with Crippen LogP contribution in [0, 0.1) is 6.92 Å². The minimum absolute atomic E-state index is 0.0233. The lowest BCUT2D eigenvalue weighted by Gasteiger charge is -2.48. The molecule has 0 bridgehead atoms. The Morgan fingerprint density at radius 3 is 2.29 bits per heavy atom. The Labute approximate surface area is 201 Å². The van der Waals surface area contributed by atoms with Crippen molar-refractivity contribution < 1.29 is 49.7 Å². The van der Waals surface area contributed by atoms with Crippen LogP contribution in [0.25, 0.3) is 10.8 Å². The zero-order chi connectivity index (χ0) is 25.7. The van der Waals surface area contributed by atoms with Crippen molar-refractivity contribution >= 4 is 22.5 Å². The number of carboxylic acid groups (broad SMARTS) is 1. The zero-order valence-corrected chi connectivity index (χ0v) is 19.5. The number of ketones is 1. The smallest absolute Gasteiger partial charge is 0.335 e. The van der Waals surface area contributed by atoms with Crippen LogP contribution in [0.1, 0.15) is 65.3 Å². The second-order valence-electron chi connectivity index (χ2n) is 9.53. The molecule has 5 atom stereocenters. The fourth-order valence-electron chi connectivity index (χ4n) is 5.25. The predicted octanol–water partition coefficient (Wildman–Crippen LogP) is 1.64. The molecule has 10 nitrogen and oxygen atoms in total. The maximum absolute atomic E-state index is 12.1. The summed E-state index contributed by atoms with van der Waals surface area (Å²) >= 11 is 0. The number of benzene rings is 2. The topological polar surface area (TPSA) is 174 Å². The lowest BCUT2D eigenvalue weighted by atomic mass is 9.76. The van der Waals surface area contributed by atoms with Crippen LogP contribution in [0.15, 0.2) is 18.2 Å². The van der Waals surface area contributed by atoms with Crippen LogP contribution in [0.5, 0.6) is 11.5 Å². The average molecular weight is 491 g/mol. The summed E-state index contributed by atoms with van der Waals surface area (Å²) < 4.78 is 11.6. The van der Waals surface area contributed by atoms with Crippen LogP contribution in [-0.2, 0) is 4.74 Å². The molecule has 0 aromatic heterocycles. The zero-order valence-electron chi connectivity index (χ0n) is 19.5. The lowest BCUT2D eigenvalue weighted by molar-refractivity contribution is -0.308. The van der Waals surface area contributed by atoms with Gasteiger partial charge in [0.05, 0.1) is 22.1 Å². The first-order valence-electron chi connectivity index (χ1n) is 11.6. The average Bonchev–Trinajstić information content (AvgIpc) is 2.78. The van der Waals surface area contributed by atoms with Crippen molar-refractivity contribution in [3.05, 3.63) is 34.9 Å². The summed E-state index contributed by atoms with van der Waals surface area (Å²) in [5.74, 6) is -2.32. The number of phenolic OH excluding ortho intramolecular Hbond substituents is 1. The van der Waals surface area contributed by atoms with E-state index >= 15 is 0 Å². The Hall–Kier alpha value is -2.76. The maximum atomic E-state index is 12.1. The van der Waals surface area contributed by atoms with E-state index in [1.54, 1.807) is 6.92 Å². The molecule has 35 heavy (non-hydrogen) atoms. The van der Waals surface area contributed by atoms with E-state index in [4.69, 9.17) is 9.47 Å². The number of fused-ring (bicyclic) bond motifs is 1. The van der Waals surface area contributed by atoms with Gasteiger partial charge in [-0.3, -0.25) is 4.79 Å². The maximum Gasteiger partial charge on any atom is 0.335 e. The largest absolute Gasteiger partial charge is 0.506 e. The molecule has 1 saturated carbocycles. The highest BCUT2D eigenvalue weighted by Crippen LogP contribution is 2.42. The van der Waals surface area contributed by atoms with Gasteiger partial charge in [0.25, 0.3) is 0 Å². The molecule has 10 heteroatoms. The molecule has 6 N–H and O–H groups in total. The number of Topliss-reactive ketones (excluding diaryl/α,β-unsaturated/α-hetero) is 1. The van der Waals surface area contributed by atoms with Crippen LogP contribution in [-0.4, -0.2) is 78.7 Å². The number of aromatic carboxylic acids is 1. The number of phenols is 1. The molecule has 1 saturated heterocycles. The Bertz CT molecular complexity index is 1150. The second kappa shape index (κ2) is 9.36. The predicted molar refractivity (Wildman–Crippen MR) is 123 cm³/mol. The molecule has 0 radical (unpaired) electrons. The lowest BCUT2D eigenvalue weighted by Crippen LogP contribution is -2.65. The van der Waals surface area contributed by atoms with E-state index in [1.165, 1.54) is 19.1 Å². The monoisotopic (exact) mass is 490 g/mol. The molecular weight excluding hydrogens is 460 g/mol. The third-order valence-electron chi connectivity index (χ3n) is 7.03. The van der Waals surface area contributed by atoms with Gasteiger partial charge in [-0.1, -0.05) is 25.3 Å². The van der Waals surface area contributed by atoms with Gasteiger partial charge in [0.1, 0.15) is 35.9 Å². The van der Waals surface area contributed by atoms with Crippen molar-refractivity contribution in [1.29, 1.82) is 0 Å². The van der Waals surface area contributed by atoms with Gasteiger partial charge >= 0.3 is 5.97 Å². The number of ether oxygens (including phenoxy) is 2. The minimum atomic E-state index is -1.75. The first-order chi connectivity index (χ1) is 16.4. The first-order valence-corrected chi connectivity index (χ1v) is 11.6. The molecule has 0 unspecified atom stereocenters. The number of carbonyl (C=O) groups is 2. The van der Waals surface area contributed by atoms with Gasteiger partial charge in [0, 0.05) is 0 Å². The van der Waals surface area contributed by atoms with Gasteiger partial charge in [-0.2, -0.15) is 0 Å². The van der Waals surface area contributed by atoms with Crippen molar-refractivity contribution in [3.8, 4) is 11.5 Å². The molecule has 190 valence electrons. The van der Waals surface area contributed by atoms with Gasteiger partial charge < -0.3 is 40.1 Å². The number of hydrogen-bond donors (Lipinski definition) is 6. The number of hydrogen-bond acceptors (Lipinski definition) is 9. The minimum Gasteiger partial charge on any atom is -0.506 e. The number of carbonyl (C=O) groups excluding carboxylic acids is 1. The van der Waals surface area contributed by atoms with E-state index in [0.29, 0.717) is 31.2 Å². The Morgan fingerprint density at radius 1 is 1.03 bits per heavy atom. The van der Waals surface area contributed by atoms with Crippen LogP contribution >= 0.6 is 0 Å². The van der Waals surface area contributed by atoms with Gasteiger partial charge in [0.2, 0.25) is 6.29 Å². The summed E-state index contributed by atoms with van der Waals surface area (Å²) in [5, 5.41) is 63.6. The number of rotatable bonds is 5. The Kier molecular flexibility index (Phi) is 6.78. The summed E-state index contributed by atoms with van der Waals surface area (Å²) in [6.07, 6.45) is -5.01. The molecule has 0 amide bonds. The van der Waals surface area contributed by atoms with Crippen molar-refractivity contribution in [3.63, 3.8) is 0 Å². The Morgan fingerprint density at radius 2 is 1.69 bits per heavy atom. The van der Waals surface area contributed by atoms with Crippen LogP contribution in [0.3, 0.4) is 0 Å². The highest BCUT2D eigenvalue weighted by molar-refractivity contribution is 6.08. The van der Waals surface area contributed by atoms with Crippen molar-refractivity contribution in [2.24, 2.45) is 0 Å². The van der Waals surface area contributed by atoms with E-state index in [0.717, 1.165) is 12.5 Å². The third-order valence-corrected chi connectivity index (χ3v) is 7.03. The molecule has 0 spiro atoms. The SMILES string of the molecule is CC(=O)c1c(C)cc2cc(C(=O)O)cc(O[C@H]3O[C@H](C4(O)CCCCC4)[C@@H](O)[C@H](O)[C@H]3O)c2c1O. The molecule has 2 aliphatic rings. The number of carboxylic acids is 1. The standard InChI is InChI=1S/C25H30O10/c1-11-8-13-9-14(23(31)32)10-15(17(13)18(27)16(11)12(2)26)34-24-21(30)19(28)20(29)22(35-24)25(33)6-4-3-5-7-25/h8-10,19-22,24,27-30,33H,3-7H2,1-2H3,(H,31,32)/t19-,20-,21+,22-,24-/m0/s1. The quantitative estimate of drug-likeness (QED) is 0.338. The number of aliphatic hydroxyl groups excluding tert-OH is 3.